The average Bonchev–Trinajstić information content (AvgIpc) is 3.98. The van der Waals surface area contributed by atoms with Crippen LogP contribution in [0.1, 0.15) is 44.5 Å². The standard InChI is InChI=1S/C68H45N3/c1-6-22-46(23-7-1)67(47-24-8-2-9-25-47)57-36-20-34-55-53-32-16-18-38-61(53)70(65(55)57)63-42-40-51(44-59(63)67)69(50-30-14-5-15-31-50)52-41-43-64-60(45-52)68(48-26-10-3-11-27-48,49-28-12-4-13-29-49)58-37-21-35-56-54-33-17-19-39-62(54)71(64)66(56)58/h1-45H. The maximum absolute atomic E-state index is 2.53. The highest BCUT2D eigenvalue weighted by Crippen LogP contribution is 2.58. The largest absolute Gasteiger partial charge is 0.310 e. The maximum Gasteiger partial charge on any atom is 0.0743 e. The molecule has 13 aromatic rings. The number of hydrogen-bond donors (Lipinski definition) is 0. The molecule has 0 atom stereocenters. The Kier molecular flexibility index (Phi) is 8.49. The highest BCUT2D eigenvalue weighted by Gasteiger charge is 2.47. The zero-order valence-electron chi connectivity index (χ0n) is 38.8. The molecule has 3 nitrogen and oxygen atoms in total. The first-order valence-electron chi connectivity index (χ1n) is 24.7. The fraction of sp³-hybridized carbons (Fsp3) is 0.0294. The van der Waals surface area contributed by atoms with Crippen LogP contribution in [0.3, 0.4) is 0 Å². The summed E-state index contributed by atoms with van der Waals surface area (Å²) in [5.74, 6) is 0. The van der Waals surface area contributed by atoms with Gasteiger partial charge in [-0.3, -0.25) is 0 Å². The second-order valence-corrected chi connectivity index (χ2v) is 19.1. The minimum atomic E-state index is -0.656. The van der Waals surface area contributed by atoms with Gasteiger partial charge >= 0.3 is 0 Å². The first-order valence-corrected chi connectivity index (χ1v) is 24.7. The predicted octanol–water partition coefficient (Wildman–Crippen LogP) is 16.7. The Balaban J connectivity index is 1.06. The van der Waals surface area contributed by atoms with Gasteiger partial charge in [0.2, 0.25) is 0 Å². The highest BCUT2D eigenvalue weighted by molar-refractivity contribution is 6.13. The van der Waals surface area contributed by atoms with Crippen LogP contribution in [0.4, 0.5) is 17.1 Å². The molecule has 2 aromatic heterocycles. The van der Waals surface area contributed by atoms with Crippen molar-refractivity contribution in [2.24, 2.45) is 0 Å². The first kappa shape index (κ1) is 39.8. The zero-order chi connectivity index (χ0) is 46.7. The van der Waals surface area contributed by atoms with E-state index in [0.717, 1.165) is 17.1 Å². The second kappa shape index (κ2) is 15.2. The normalized spacial score (nSPS) is 13.9. The molecular weight excluding hydrogens is 859 g/mol. The Hall–Kier alpha value is -9.18. The zero-order valence-corrected chi connectivity index (χ0v) is 38.8. The van der Waals surface area contributed by atoms with Crippen LogP contribution in [0.25, 0.3) is 55.0 Å². The summed E-state index contributed by atoms with van der Waals surface area (Å²) in [4.78, 5) is 2.48. The molecule has 0 saturated carbocycles. The van der Waals surface area contributed by atoms with Crippen molar-refractivity contribution >= 4 is 60.7 Å². The van der Waals surface area contributed by atoms with Crippen molar-refractivity contribution in [2.45, 2.75) is 10.8 Å². The van der Waals surface area contributed by atoms with Crippen molar-refractivity contribution in [3.05, 3.63) is 317 Å². The van der Waals surface area contributed by atoms with Crippen molar-refractivity contribution in [3.63, 3.8) is 0 Å². The van der Waals surface area contributed by atoms with Crippen LogP contribution in [0.2, 0.25) is 0 Å². The lowest BCUT2D eigenvalue weighted by molar-refractivity contribution is 0.726. The van der Waals surface area contributed by atoms with Crippen LogP contribution in [0.15, 0.2) is 273 Å². The molecule has 0 saturated heterocycles. The van der Waals surface area contributed by atoms with E-state index < -0.39 is 10.8 Å². The molecule has 0 fully saturated rings. The molecule has 0 spiro atoms. The van der Waals surface area contributed by atoms with Crippen molar-refractivity contribution < 1.29 is 0 Å². The quantitative estimate of drug-likeness (QED) is 0.155. The van der Waals surface area contributed by atoms with Crippen molar-refractivity contribution in [1.82, 2.24) is 9.13 Å². The SMILES string of the molecule is c1ccc(N(c2ccc3c(c2)C(c2ccccc2)(c2ccccc2)c2cccc4c5ccccc5n-3c24)c2ccc3c(c2)C(c2ccccc2)(c2ccccc2)c2cccc4c5ccccc5n-3c24)cc1. The fourth-order valence-corrected chi connectivity index (χ4v) is 13.1. The van der Waals surface area contributed by atoms with Crippen molar-refractivity contribution in [3.8, 4) is 11.4 Å². The minimum Gasteiger partial charge on any atom is -0.310 e. The number of fused-ring (bicyclic) bond motifs is 10. The molecule has 4 heterocycles. The lowest BCUT2D eigenvalue weighted by Crippen LogP contribution is -2.36. The minimum absolute atomic E-state index is 0.656. The molecule has 0 radical (unpaired) electrons. The summed E-state index contributed by atoms with van der Waals surface area (Å²) < 4.78 is 5.06. The molecule has 332 valence electrons. The van der Waals surface area contributed by atoms with Gasteiger partial charge in [-0.1, -0.05) is 212 Å². The Morgan fingerprint density at radius 3 is 0.986 bits per heavy atom. The van der Waals surface area contributed by atoms with E-state index in [-0.39, 0.29) is 0 Å². The van der Waals surface area contributed by atoms with Crippen LogP contribution < -0.4 is 4.90 Å². The molecule has 3 heteroatoms. The molecular formula is C68H45N3. The number of rotatable bonds is 7. The number of para-hydroxylation sites is 5. The number of nitrogens with zero attached hydrogens (tertiary/aromatic N) is 3. The van der Waals surface area contributed by atoms with Crippen LogP contribution in [0, 0.1) is 0 Å². The summed E-state index contributed by atoms with van der Waals surface area (Å²) in [5, 5.41) is 5.04. The van der Waals surface area contributed by atoms with E-state index in [9.17, 15) is 0 Å². The van der Waals surface area contributed by atoms with Gasteiger partial charge in [-0.05, 0) is 105 Å². The fourth-order valence-electron chi connectivity index (χ4n) is 13.1. The van der Waals surface area contributed by atoms with E-state index in [1.807, 2.05) is 0 Å². The van der Waals surface area contributed by atoms with E-state index in [2.05, 4.69) is 287 Å². The topological polar surface area (TPSA) is 13.1 Å². The molecule has 0 N–H and O–H groups in total. The third-order valence-electron chi connectivity index (χ3n) is 15.8. The van der Waals surface area contributed by atoms with Gasteiger partial charge in [0, 0.05) is 38.6 Å². The van der Waals surface area contributed by atoms with Crippen molar-refractivity contribution in [1.29, 1.82) is 0 Å². The smallest absolute Gasteiger partial charge is 0.0743 e. The molecule has 15 rings (SSSR count). The summed E-state index contributed by atoms with van der Waals surface area (Å²) in [6, 6.07) is 102. The van der Waals surface area contributed by atoms with E-state index in [0.29, 0.717) is 0 Å². The molecule has 71 heavy (non-hydrogen) atoms. The molecule has 0 bridgehead atoms. The van der Waals surface area contributed by atoms with Crippen LogP contribution in [-0.2, 0) is 10.8 Å². The number of benzene rings is 11. The van der Waals surface area contributed by atoms with Crippen LogP contribution in [0.5, 0.6) is 0 Å². The van der Waals surface area contributed by atoms with Gasteiger partial charge in [-0.25, -0.2) is 0 Å². The molecule has 2 aliphatic heterocycles. The lowest BCUT2D eigenvalue weighted by Gasteiger charge is -2.43. The highest BCUT2D eigenvalue weighted by atomic mass is 15.1. The molecule has 0 unspecified atom stereocenters. The van der Waals surface area contributed by atoms with Crippen LogP contribution in [-0.4, -0.2) is 9.13 Å². The van der Waals surface area contributed by atoms with Crippen LogP contribution >= 0.6 is 0 Å². The third kappa shape index (κ3) is 5.32. The van der Waals surface area contributed by atoms with Crippen molar-refractivity contribution in [2.75, 3.05) is 4.90 Å². The van der Waals surface area contributed by atoms with Gasteiger partial charge in [0.15, 0.2) is 0 Å². The molecule has 11 aromatic carbocycles. The van der Waals surface area contributed by atoms with Gasteiger partial charge in [0.25, 0.3) is 0 Å². The molecule has 0 amide bonds. The van der Waals surface area contributed by atoms with Gasteiger partial charge in [-0.2, -0.15) is 0 Å². The van der Waals surface area contributed by atoms with Gasteiger partial charge < -0.3 is 14.0 Å². The van der Waals surface area contributed by atoms with Gasteiger partial charge in [0.05, 0.1) is 44.3 Å². The Bertz CT molecular complexity index is 3870. The first-order chi connectivity index (χ1) is 35.3. The molecule has 2 aliphatic rings. The van der Waals surface area contributed by atoms with Gasteiger partial charge in [-0.15, -0.1) is 0 Å². The Labute approximate surface area is 412 Å². The monoisotopic (exact) mass is 903 g/mol. The predicted molar refractivity (Wildman–Crippen MR) is 294 cm³/mol. The third-order valence-corrected chi connectivity index (χ3v) is 15.8. The van der Waals surface area contributed by atoms with Gasteiger partial charge in [0.1, 0.15) is 0 Å². The van der Waals surface area contributed by atoms with E-state index >= 15 is 0 Å². The van der Waals surface area contributed by atoms with E-state index in [1.165, 1.54) is 99.5 Å². The summed E-state index contributed by atoms with van der Waals surface area (Å²) in [6.45, 7) is 0. The summed E-state index contributed by atoms with van der Waals surface area (Å²) in [6.07, 6.45) is 0. The number of hydrogen-bond acceptors (Lipinski definition) is 1. The second-order valence-electron chi connectivity index (χ2n) is 19.1. The maximum atomic E-state index is 2.53. The number of anilines is 3. The van der Waals surface area contributed by atoms with E-state index in [4.69, 9.17) is 0 Å². The summed E-state index contributed by atoms with van der Waals surface area (Å²) >= 11 is 0. The Morgan fingerprint density at radius 1 is 0.254 bits per heavy atom. The average molecular weight is 904 g/mol. The Morgan fingerprint density at radius 2 is 0.592 bits per heavy atom. The summed E-state index contributed by atoms with van der Waals surface area (Å²) in [7, 11) is 0. The van der Waals surface area contributed by atoms with E-state index in [1.54, 1.807) is 0 Å². The molecule has 0 aliphatic carbocycles. The summed E-state index contributed by atoms with van der Waals surface area (Å²) in [5.41, 5.74) is 19.1. The number of aromatic nitrogens is 2. The lowest BCUT2D eigenvalue weighted by atomic mass is 9.63.